The molecule has 1 aromatic rings. The fourth-order valence-corrected chi connectivity index (χ4v) is 1.56. The van der Waals surface area contributed by atoms with Gasteiger partial charge < -0.3 is 14.2 Å². The maximum Gasteiger partial charge on any atom is 0.118 e. The van der Waals surface area contributed by atoms with Crippen LogP contribution in [-0.4, -0.2) is 26.4 Å². The zero-order chi connectivity index (χ0) is 11.2. The minimum atomic E-state index is 0.518. The van der Waals surface area contributed by atoms with Gasteiger partial charge in [-0.15, -0.1) is 0 Å². The standard InChI is InChI=1S/C13H18O3/c1-14-12-6-4-11(5-7-12)9-15-8-2-3-13-10-16-13/h4-7,13H,2-3,8-10H2,1H3/t13-/m1/s1. The van der Waals surface area contributed by atoms with Gasteiger partial charge in [-0.2, -0.15) is 0 Å². The highest BCUT2D eigenvalue weighted by Gasteiger charge is 2.20. The molecule has 0 spiro atoms. The van der Waals surface area contributed by atoms with Gasteiger partial charge in [0, 0.05) is 6.61 Å². The molecule has 0 aromatic heterocycles. The van der Waals surface area contributed by atoms with E-state index in [1.807, 2.05) is 24.3 Å². The van der Waals surface area contributed by atoms with Crippen molar-refractivity contribution in [3.63, 3.8) is 0 Å². The van der Waals surface area contributed by atoms with Gasteiger partial charge in [0.1, 0.15) is 5.75 Å². The fraction of sp³-hybridized carbons (Fsp3) is 0.538. The van der Waals surface area contributed by atoms with Crippen LogP contribution in [0.3, 0.4) is 0 Å². The van der Waals surface area contributed by atoms with Crippen molar-refractivity contribution in [1.29, 1.82) is 0 Å². The van der Waals surface area contributed by atoms with Crippen LogP contribution in [0.4, 0.5) is 0 Å². The summed E-state index contributed by atoms with van der Waals surface area (Å²) in [6.45, 7) is 2.43. The first-order valence-corrected chi connectivity index (χ1v) is 5.71. The molecular formula is C13H18O3. The highest BCUT2D eigenvalue weighted by molar-refractivity contribution is 5.26. The fourth-order valence-electron chi connectivity index (χ4n) is 1.56. The number of methoxy groups -OCH3 is 1. The quantitative estimate of drug-likeness (QED) is 0.524. The van der Waals surface area contributed by atoms with E-state index >= 15 is 0 Å². The summed E-state index contributed by atoms with van der Waals surface area (Å²) in [4.78, 5) is 0. The van der Waals surface area contributed by atoms with Crippen LogP contribution in [0, 0.1) is 0 Å². The Morgan fingerprint density at radius 3 is 2.69 bits per heavy atom. The molecule has 1 atom stereocenters. The molecule has 0 aliphatic carbocycles. The summed E-state index contributed by atoms with van der Waals surface area (Å²) < 4.78 is 15.8. The molecule has 3 nitrogen and oxygen atoms in total. The van der Waals surface area contributed by atoms with E-state index in [0.717, 1.165) is 31.8 Å². The van der Waals surface area contributed by atoms with Gasteiger partial charge in [0.05, 0.1) is 26.4 Å². The van der Waals surface area contributed by atoms with Crippen LogP contribution in [0.1, 0.15) is 18.4 Å². The molecule has 0 amide bonds. The molecule has 1 heterocycles. The molecule has 88 valence electrons. The number of epoxide rings is 1. The third kappa shape index (κ3) is 3.83. The molecule has 3 heteroatoms. The van der Waals surface area contributed by atoms with Gasteiger partial charge in [0.2, 0.25) is 0 Å². The molecule has 0 radical (unpaired) electrons. The molecule has 0 saturated carbocycles. The molecular weight excluding hydrogens is 204 g/mol. The van der Waals surface area contributed by atoms with Crippen molar-refractivity contribution < 1.29 is 14.2 Å². The van der Waals surface area contributed by atoms with Gasteiger partial charge in [0.15, 0.2) is 0 Å². The second-order valence-corrected chi connectivity index (χ2v) is 4.00. The molecule has 0 N–H and O–H groups in total. The Labute approximate surface area is 96.3 Å². The van der Waals surface area contributed by atoms with E-state index in [1.54, 1.807) is 7.11 Å². The summed E-state index contributed by atoms with van der Waals surface area (Å²) in [5, 5.41) is 0. The molecule has 1 aliphatic heterocycles. The van der Waals surface area contributed by atoms with Crippen molar-refractivity contribution in [2.45, 2.75) is 25.6 Å². The van der Waals surface area contributed by atoms with Crippen LogP contribution in [0.2, 0.25) is 0 Å². The van der Waals surface area contributed by atoms with E-state index < -0.39 is 0 Å². The van der Waals surface area contributed by atoms with Crippen molar-refractivity contribution in [1.82, 2.24) is 0 Å². The molecule has 1 saturated heterocycles. The number of rotatable bonds is 7. The summed E-state index contributed by atoms with van der Waals surface area (Å²) in [6.07, 6.45) is 2.73. The summed E-state index contributed by atoms with van der Waals surface area (Å²) in [5.41, 5.74) is 1.18. The van der Waals surface area contributed by atoms with E-state index in [-0.39, 0.29) is 0 Å². The number of hydrogen-bond acceptors (Lipinski definition) is 3. The van der Waals surface area contributed by atoms with Gasteiger partial charge in [-0.3, -0.25) is 0 Å². The van der Waals surface area contributed by atoms with Crippen LogP contribution < -0.4 is 4.74 Å². The summed E-state index contributed by atoms with van der Waals surface area (Å²) in [5.74, 6) is 0.884. The predicted octanol–water partition coefficient (Wildman–Crippen LogP) is 2.39. The lowest BCUT2D eigenvalue weighted by Gasteiger charge is -2.05. The van der Waals surface area contributed by atoms with Gasteiger partial charge in [-0.05, 0) is 30.5 Å². The first-order chi connectivity index (χ1) is 7.88. The second-order valence-electron chi connectivity index (χ2n) is 4.00. The van der Waals surface area contributed by atoms with E-state index in [1.165, 1.54) is 5.56 Å². The van der Waals surface area contributed by atoms with Gasteiger partial charge in [-0.25, -0.2) is 0 Å². The Hall–Kier alpha value is -1.06. The largest absolute Gasteiger partial charge is 0.497 e. The molecule has 1 aromatic carbocycles. The summed E-state index contributed by atoms with van der Waals surface area (Å²) >= 11 is 0. The smallest absolute Gasteiger partial charge is 0.118 e. The van der Waals surface area contributed by atoms with Gasteiger partial charge in [0.25, 0.3) is 0 Å². The first-order valence-electron chi connectivity index (χ1n) is 5.71. The van der Waals surface area contributed by atoms with Gasteiger partial charge in [-0.1, -0.05) is 12.1 Å². The number of benzene rings is 1. The molecule has 2 rings (SSSR count). The zero-order valence-electron chi connectivity index (χ0n) is 9.65. The van der Waals surface area contributed by atoms with E-state index in [0.29, 0.717) is 12.7 Å². The van der Waals surface area contributed by atoms with Crippen LogP contribution in [0.25, 0.3) is 0 Å². The van der Waals surface area contributed by atoms with Crippen molar-refractivity contribution in [3.05, 3.63) is 29.8 Å². The van der Waals surface area contributed by atoms with E-state index in [4.69, 9.17) is 14.2 Å². The first kappa shape index (κ1) is 11.4. The average molecular weight is 222 g/mol. The van der Waals surface area contributed by atoms with E-state index in [9.17, 15) is 0 Å². The van der Waals surface area contributed by atoms with E-state index in [2.05, 4.69) is 0 Å². The zero-order valence-corrected chi connectivity index (χ0v) is 9.65. The summed E-state index contributed by atoms with van der Waals surface area (Å²) in [6, 6.07) is 7.97. The number of ether oxygens (including phenoxy) is 3. The van der Waals surface area contributed by atoms with Crippen LogP contribution in [0.5, 0.6) is 5.75 Å². The van der Waals surface area contributed by atoms with Crippen LogP contribution >= 0.6 is 0 Å². The lowest BCUT2D eigenvalue weighted by Crippen LogP contribution is -1.97. The van der Waals surface area contributed by atoms with Crippen LogP contribution in [-0.2, 0) is 16.1 Å². The van der Waals surface area contributed by atoms with Crippen molar-refractivity contribution in [2.75, 3.05) is 20.3 Å². The second kappa shape index (κ2) is 5.87. The lowest BCUT2D eigenvalue weighted by atomic mass is 10.2. The van der Waals surface area contributed by atoms with Crippen molar-refractivity contribution in [2.24, 2.45) is 0 Å². The highest BCUT2D eigenvalue weighted by atomic mass is 16.6. The Morgan fingerprint density at radius 2 is 2.06 bits per heavy atom. The molecule has 1 aliphatic rings. The van der Waals surface area contributed by atoms with Crippen molar-refractivity contribution in [3.8, 4) is 5.75 Å². The normalized spacial score (nSPS) is 18.4. The average Bonchev–Trinajstić information content (AvgIpc) is 3.13. The predicted molar refractivity (Wildman–Crippen MR) is 61.6 cm³/mol. The molecule has 0 unspecified atom stereocenters. The minimum absolute atomic E-state index is 0.518. The van der Waals surface area contributed by atoms with Gasteiger partial charge >= 0.3 is 0 Å². The van der Waals surface area contributed by atoms with Crippen LogP contribution in [0.15, 0.2) is 24.3 Å². The maximum absolute atomic E-state index is 5.58. The molecule has 16 heavy (non-hydrogen) atoms. The Kier molecular flexibility index (Phi) is 4.19. The third-order valence-electron chi connectivity index (χ3n) is 2.64. The Balaban J connectivity index is 1.60. The molecule has 1 fully saturated rings. The monoisotopic (exact) mass is 222 g/mol. The maximum atomic E-state index is 5.58. The topological polar surface area (TPSA) is 31.0 Å². The SMILES string of the molecule is COc1ccc(COCCC[C@@H]2CO2)cc1. The summed E-state index contributed by atoms with van der Waals surface area (Å²) in [7, 11) is 1.67. The Bertz CT molecular complexity index is 303. The Morgan fingerprint density at radius 1 is 1.31 bits per heavy atom. The highest BCUT2D eigenvalue weighted by Crippen LogP contribution is 2.15. The minimum Gasteiger partial charge on any atom is -0.497 e. The third-order valence-corrected chi connectivity index (χ3v) is 2.64. The van der Waals surface area contributed by atoms with Crippen molar-refractivity contribution >= 4 is 0 Å². The molecule has 0 bridgehead atoms. The lowest BCUT2D eigenvalue weighted by molar-refractivity contribution is 0.115. The number of hydrogen-bond donors (Lipinski definition) is 0.